The van der Waals surface area contributed by atoms with Gasteiger partial charge in [0, 0.05) is 42.8 Å². The van der Waals surface area contributed by atoms with Gasteiger partial charge in [-0.25, -0.2) is 9.97 Å². The molecule has 0 N–H and O–H groups in total. The van der Waals surface area contributed by atoms with E-state index in [0.717, 1.165) is 16.8 Å². The molecule has 5 nitrogen and oxygen atoms in total. The van der Waals surface area contributed by atoms with E-state index in [2.05, 4.69) is 20.1 Å². The topological polar surface area (TPSA) is 56.5 Å². The fourth-order valence-electron chi connectivity index (χ4n) is 1.74. The molecule has 0 atom stereocenters. The summed E-state index contributed by atoms with van der Waals surface area (Å²) >= 11 is 6.06. The summed E-state index contributed by atoms with van der Waals surface area (Å²) in [4.78, 5) is 12.8. The predicted octanol–water partition coefficient (Wildman–Crippen LogP) is 2.59. The normalized spacial score (nSPS) is 10.6. The highest BCUT2D eigenvalue weighted by atomic mass is 35.5. The van der Waals surface area contributed by atoms with Crippen LogP contribution in [0.15, 0.2) is 43.0 Å². The van der Waals surface area contributed by atoms with Gasteiger partial charge in [-0.1, -0.05) is 11.6 Å². The van der Waals surface area contributed by atoms with E-state index in [1.54, 1.807) is 29.3 Å². The number of rotatable bonds is 2. The summed E-state index contributed by atoms with van der Waals surface area (Å²) in [6, 6.07) is 5.45. The molecule has 6 heteroatoms. The van der Waals surface area contributed by atoms with Crippen LogP contribution in [0.1, 0.15) is 0 Å². The molecule has 0 aromatic carbocycles. The van der Waals surface area contributed by atoms with E-state index in [9.17, 15) is 0 Å². The Bertz CT molecular complexity index is 708. The maximum atomic E-state index is 6.06. The van der Waals surface area contributed by atoms with E-state index < -0.39 is 0 Å². The summed E-state index contributed by atoms with van der Waals surface area (Å²) in [5.41, 5.74) is 2.47. The van der Waals surface area contributed by atoms with Crippen LogP contribution in [0, 0.1) is 0 Å². The zero-order valence-corrected chi connectivity index (χ0v) is 10.9. The maximum absolute atomic E-state index is 6.06. The molecule has 0 saturated carbocycles. The van der Waals surface area contributed by atoms with Gasteiger partial charge in [-0.15, -0.1) is 0 Å². The second-order valence-corrected chi connectivity index (χ2v) is 4.43. The van der Waals surface area contributed by atoms with Crippen LogP contribution in [-0.2, 0) is 7.05 Å². The lowest BCUT2D eigenvalue weighted by atomic mass is 10.2. The Labute approximate surface area is 114 Å². The average Bonchev–Trinajstić information content (AvgIpc) is 2.86. The molecule has 0 aliphatic heterocycles. The molecule has 19 heavy (non-hydrogen) atoms. The van der Waals surface area contributed by atoms with Gasteiger partial charge in [0.1, 0.15) is 5.15 Å². The second kappa shape index (κ2) is 4.78. The summed E-state index contributed by atoms with van der Waals surface area (Å²) in [5.74, 6) is 0.555. The fourth-order valence-corrected chi connectivity index (χ4v) is 1.93. The summed E-state index contributed by atoms with van der Waals surface area (Å²) in [6.07, 6.45) is 7.03. The van der Waals surface area contributed by atoms with Crippen molar-refractivity contribution in [1.82, 2.24) is 24.7 Å². The second-order valence-electron chi connectivity index (χ2n) is 4.04. The van der Waals surface area contributed by atoms with Crippen LogP contribution < -0.4 is 0 Å². The van der Waals surface area contributed by atoms with E-state index in [4.69, 9.17) is 11.6 Å². The van der Waals surface area contributed by atoms with Crippen LogP contribution >= 0.6 is 11.6 Å². The van der Waals surface area contributed by atoms with Gasteiger partial charge >= 0.3 is 0 Å². The Morgan fingerprint density at radius 3 is 2.74 bits per heavy atom. The molecule has 0 aliphatic rings. The van der Waals surface area contributed by atoms with Gasteiger partial charge in [-0.2, -0.15) is 5.10 Å². The molecule has 0 saturated heterocycles. The first-order chi connectivity index (χ1) is 9.22. The summed E-state index contributed by atoms with van der Waals surface area (Å²) in [7, 11) is 1.86. The van der Waals surface area contributed by atoms with Crippen molar-refractivity contribution in [3.63, 3.8) is 0 Å². The fraction of sp³-hybridized carbons (Fsp3) is 0.0769. The first-order valence-electron chi connectivity index (χ1n) is 5.66. The van der Waals surface area contributed by atoms with Gasteiger partial charge in [-0.3, -0.25) is 9.67 Å². The molecular weight excluding hydrogens is 262 g/mol. The van der Waals surface area contributed by atoms with Gasteiger partial charge < -0.3 is 0 Å². The number of aryl methyl sites for hydroxylation is 1. The van der Waals surface area contributed by atoms with E-state index in [1.807, 2.05) is 25.4 Å². The minimum atomic E-state index is 0.396. The lowest BCUT2D eigenvalue weighted by Crippen LogP contribution is -1.93. The number of aromatic nitrogens is 5. The molecule has 3 rings (SSSR count). The van der Waals surface area contributed by atoms with Crippen molar-refractivity contribution in [3.05, 3.63) is 48.1 Å². The molecule has 0 aliphatic carbocycles. The molecule has 3 aromatic heterocycles. The highest BCUT2D eigenvalue weighted by Gasteiger charge is 2.08. The van der Waals surface area contributed by atoms with Crippen LogP contribution in [0.25, 0.3) is 22.6 Å². The third kappa shape index (κ3) is 2.46. The average molecular weight is 272 g/mol. The van der Waals surface area contributed by atoms with E-state index in [-0.39, 0.29) is 0 Å². The van der Waals surface area contributed by atoms with Crippen molar-refractivity contribution in [2.45, 2.75) is 0 Å². The van der Waals surface area contributed by atoms with Crippen molar-refractivity contribution in [2.24, 2.45) is 7.05 Å². The van der Waals surface area contributed by atoms with Gasteiger partial charge in [0.15, 0.2) is 5.82 Å². The Morgan fingerprint density at radius 1 is 1.16 bits per heavy atom. The Hall–Kier alpha value is -2.27. The van der Waals surface area contributed by atoms with E-state index >= 15 is 0 Å². The van der Waals surface area contributed by atoms with Crippen LogP contribution in [0.2, 0.25) is 5.15 Å². The van der Waals surface area contributed by atoms with Crippen LogP contribution in [0.3, 0.4) is 0 Å². The van der Waals surface area contributed by atoms with Crippen molar-refractivity contribution in [1.29, 1.82) is 0 Å². The van der Waals surface area contributed by atoms with Crippen molar-refractivity contribution < 1.29 is 0 Å². The lowest BCUT2D eigenvalue weighted by Gasteiger charge is -2.03. The molecular formula is C13H10ClN5. The minimum Gasteiger partial charge on any atom is -0.275 e. The number of nitrogens with zero attached hydrogens (tertiary/aromatic N) is 5. The summed E-state index contributed by atoms with van der Waals surface area (Å²) < 4.78 is 1.72. The maximum Gasteiger partial charge on any atom is 0.163 e. The van der Waals surface area contributed by atoms with Gasteiger partial charge in [0.25, 0.3) is 0 Å². The molecule has 3 aromatic rings. The van der Waals surface area contributed by atoms with Crippen LogP contribution in [0.4, 0.5) is 0 Å². The first-order valence-corrected chi connectivity index (χ1v) is 6.04. The number of hydrogen-bond acceptors (Lipinski definition) is 4. The Kier molecular flexibility index (Phi) is 2.97. The molecule has 0 unspecified atom stereocenters. The molecule has 0 amide bonds. The molecule has 3 heterocycles. The van der Waals surface area contributed by atoms with Gasteiger partial charge in [-0.05, 0) is 12.1 Å². The standard InChI is InChI=1S/C13H10ClN5/c1-19-8-10(7-16-19)11-5-12(14)18-13(17-11)9-3-2-4-15-6-9/h2-8H,1H3. The number of pyridine rings is 1. The molecule has 0 radical (unpaired) electrons. The smallest absolute Gasteiger partial charge is 0.163 e. The minimum absolute atomic E-state index is 0.396. The summed E-state index contributed by atoms with van der Waals surface area (Å²) in [6.45, 7) is 0. The number of hydrogen-bond donors (Lipinski definition) is 0. The third-order valence-electron chi connectivity index (χ3n) is 2.62. The van der Waals surface area contributed by atoms with Gasteiger partial charge in [0.2, 0.25) is 0 Å². The van der Waals surface area contributed by atoms with E-state index in [0.29, 0.717) is 11.0 Å². The van der Waals surface area contributed by atoms with Gasteiger partial charge in [0.05, 0.1) is 11.9 Å². The van der Waals surface area contributed by atoms with Crippen molar-refractivity contribution >= 4 is 11.6 Å². The molecule has 0 bridgehead atoms. The first kappa shape index (κ1) is 11.8. The highest BCUT2D eigenvalue weighted by Crippen LogP contribution is 2.23. The predicted molar refractivity (Wildman–Crippen MR) is 72.5 cm³/mol. The zero-order valence-electron chi connectivity index (χ0n) is 10.2. The third-order valence-corrected chi connectivity index (χ3v) is 2.81. The Morgan fingerprint density at radius 2 is 2.05 bits per heavy atom. The molecule has 0 fully saturated rings. The van der Waals surface area contributed by atoms with Crippen molar-refractivity contribution in [3.8, 4) is 22.6 Å². The van der Waals surface area contributed by atoms with Crippen molar-refractivity contribution in [2.75, 3.05) is 0 Å². The molecule has 0 spiro atoms. The monoisotopic (exact) mass is 271 g/mol. The molecule has 94 valence electrons. The largest absolute Gasteiger partial charge is 0.275 e. The zero-order chi connectivity index (χ0) is 13.2. The summed E-state index contributed by atoms with van der Waals surface area (Å²) in [5, 5.41) is 4.52. The quantitative estimate of drug-likeness (QED) is 0.672. The highest BCUT2D eigenvalue weighted by molar-refractivity contribution is 6.29. The van der Waals surface area contributed by atoms with Crippen LogP contribution in [-0.4, -0.2) is 24.7 Å². The van der Waals surface area contributed by atoms with E-state index in [1.165, 1.54) is 0 Å². The Balaban J connectivity index is 2.11. The van der Waals surface area contributed by atoms with Crippen LogP contribution in [0.5, 0.6) is 0 Å². The lowest BCUT2D eigenvalue weighted by molar-refractivity contribution is 0.768. The number of halogens is 1. The SMILES string of the molecule is Cn1cc(-c2cc(Cl)nc(-c3cccnc3)n2)cn1.